The number of rotatable bonds is 2. The highest BCUT2D eigenvalue weighted by Crippen LogP contribution is 2.38. The van der Waals surface area contributed by atoms with E-state index in [4.69, 9.17) is 16.0 Å². The lowest BCUT2D eigenvalue weighted by Crippen LogP contribution is -2.11. The van der Waals surface area contributed by atoms with Crippen molar-refractivity contribution in [3.63, 3.8) is 0 Å². The Labute approximate surface area is 154 Å². The van der Waals surface area contributed by atoms with Crippen molar-refractivity contribution in [2.24, 2.45) is 0 Å². The molecule has 2 aromatic heterocycles. The van der Waals surface area contributed by atoms with E-state index in [9.17, 15) is 0 Å². The zero-order valence-electron chi connectivity index (χ0n) is 13.7. The van der Waals surface area contributed by atoms with Crippen LogP contribution < -0.4 is 5.73 Å². The predicted octanol–water partition coefficient (Wildman–Crippen LogP) is 4.66. The van der Waals surface area contributed by atoms with Crippen LogP contribution in [0.4, 0.5) is 5.82 Å². The number of hydrogen-bond donors (Lipinski definition) is 1. The van der Waals surface area contributed by atoms with Crippen molar-refractivity contribution in [1.82, 2.24) is 14.6 Å². The van der Waals surface area contributed by atoms with Gasteiger partial charge in [0.2, 0.25) is 0 Å². The molecule has 0 amide bonds. The van der Waals surface area contributed by atoms with Crippen LogP contribution in [0.2, 0.25) is 0 Å². The molecule has 1 aliphatic carbocycles. The zero-order chi connectivity index (χ0) is 17.4. The Kier molecular flexibility index (Phi) is 4.18. The Balaban J connectivity index is 1.86. The van der Waals surface area contributed by atoms with Crippen LogP contribution in [0.25, 0.3) is 16.8 Å². The molecule has 0 bridgehead atoms. The van der Waals surface area contributed by atoms with Crippen LogP contribution in [-0.2, 0) is 0 Å². The number of hydrogen-bond acceptors (Lipinski definition) is 4. The van der Waals surface area contributed by atoms with Crippen LogP contribution in [0.5, 0.6) is 0 Å². The van der Waals surface area contributed by atoms with Crippen LogP contribution in [-0.4, -0.2) is 14.6 Å². The maximum absolute atomic E-state index is 8.98. The summed E-state index contributed by atoms with van der Waals surface area (Å²) < 4.78 is 2.55. The van der Waals surface area contributed by atoms with Crippen molar-refractivity contribution in [2.75, 3.05) is 5.73 Å². The molecule has 3 aromatic rings. The van der Waals surface area contributed by atoms with Gasteiger partial charge in [-0.2, -0.15) is 14.9 Å². The van der Waals surface area contributed by atoms with E-state index in [-0.39, 0.29) is 0 Å². The van der Waals surface area contributed by atoms with Gasteiger partial charge in [0, 0.05) is 11.5 Å². The highest BCUT2D eigenvalue weighted by atomic mass is 79.9. The van der Waals surface area contributed by atoms with E-state index in [1.54, 1.807) is 10.7 Å². The van der Waals surface area contributed by atoms with Crippen LogP contribution >= 0.6 is 15.9 Å². The Morgan fingerprint density at radius 2 is 1.88 bits per heavy atom. The molecule has 0 aliphatic heterocycles. The number of nitrogen functional groups attached to an aromatic ring is 1. The van der Waals surface area contributed by atoms with Gasteiger partial charge in [-0.05, 0) is 46.5 Å². The van der Waals surface area contributed by atoms with E-state index in [1.807, 2.05) is 24.3 Å². The summed E-state index contributed by atoms with van der Waals surface area (Å²) in [4.78, 5) is 4.95. The summed E-state index contributed by atoms with van der Waals surface area (Å²) in [6.45, 7) is 0. The van der Waals surface area contributed by atoms with Crippen LogP contribution in [0.1, 0.15) is 49.3 Å². The average molecular weight is 396 g/mol. The fourth-order valence-electron chi connectivity index (χ4n) is 3.59. The fraction of sp³-hybridized carbons (Fsp3) is 0.316. The van der Waals surface area contributed by atoms with Gasteiger partial charge in [0.15, 0.2) is 5.65 Å². The van der Waals surface area contributed by atoms with E-state index in [0.29, 0.717) is 17.3 Å². The van der Waals surface area contributed by atoms with Gasteiger partial charge in [-0.15, -0.1) is 0 Å². The van der Waals surface area contributed by atoms with Crippen molar-refractivity contribution < 1.29 is 0 Å². The molecule has 0 radical (unpaired) electrons. The molecule has 5 nitrogen and oxygen atoms in total. The molecule has 0 spiro atoms. The number of fused-ring (bicyclic) bond motifs is 1. The number of nitrogens with zero attached hydrogens (tertiary/aromatic N) is 4. The number of benzene rings is 1. The molecular formula is C19H18BrN5. The second-order valence-electron chi connectivity index (χ2n) is 6.51. The van der Waals surface area contributed by atoms with Crippen molar-refractivity contribution >= 4 is 27.4 Å². The van der Waals surface area contributed by atoms with E-state index in [1.165, 1.54) is 19.3 Å². The zero-order valence-corrected chi connectivity index (χ0v) is 15.3. The Hall–Kier alpha value is -2.39. The SMILES string of the molecule is N#Cc1ccc(-c2cnn3c(N)c(Br)c(C4CCCCC4)nc23)cc1. The van der Waals surface area contributed by atoms with Crippen molar-refractivity contribution in [3.8, 4) is 17.2 Å². The van der Waals surface area contributed by atoms with Gasteiger partial charge in [-0.3, -0.25) is 0 Å². The molecular weight excluding hydrogens is 378 g/mol. The highest BCUT2D eigenvalue weighted by molar-refractivity contribution is 9.10. The van der Waals surface area contributed by atoms with E-state index in [2.05, 4.69) is 27.1 Å². The highest BCUT2D eigenvalue weighted by Gasteiger charge is 2.23. The summed E-state index contributed by atoms with van der Waals surface area (Å²) in [6.07, 6.45) is 7.88. The second kappa shape index (κ2) is 6.49. The summed E-state index contributed by atoms with van der Waals surface area (Å²) in [5.74, 6) is 1.03. The van der Waals surface area contributed by atoms with Gasteiger partial charge < -0.3 is 5.73 Å². The summed E-state index contributed by atoms with van der Waals surface area (Å²) >= 11 is 3.64. The third kappa shape index (κ3) is 2.79. The Morgan fingerprint density at radius 3 is 2.56 bits per heavy atom. The summed E-state index contributed by atoms with van der Waals surface area (Å²) in [5.41, 5.74) is 10.7. The molecule has 126 valence electrons. The number of nitrogens with two attached hydrogens (primary N) is 1. The smallest absolute Gasteiger partial charge is 0.165 e. The molecule has 0 atom stereocenters. The van der Waals surface area contributed by atoms with E-state index < -0.39 is 0 Å². The lowest BCUT2D eigenvalue weighted by atomic mass is 9.87. The number of anilines is 1. The molecule has 1 aliphatic rings. The molecule has 2 N–H and O–H groups in total. The molecule has 1 saturated carbocycles. The second-order valence-corrected chi connectivity index (χ2v) is 7.31. The van der Waals surface area contributed by atoms with Gasteiger partial charge in [-0.25, -0.2) is 4.98 Å². The number of nitriles is 1. The largest absolute Gasteiger partial charge is 0.383 e. The van der Waals surface area contributed by atoms with Crippen LogP contribution in [0.3, 0.4) is 0 Å². The van der Waals surface area contributed by atoms with Gasteiger partial charge >= 0.3 is 0 Å². The molecule has 1 aromatic carbocycles. The van der Waals surface area contributed by atoms with Crippen LogP contribution in [0.15, 0.2) is 34.9 Å². The third-order valence-corrected chi connectivity index (χ3v) is 5.78. The number of halogens is 1. The summed E-state index contributed by atoms with van der Waals surface area (Å²) in [7, 11) is 0. The normalized spacial score (nSPS) is 15.4. The van der Waals surface area contributed by atoms with E-state index in [0.717, 1.165) is 39.8 Å². The minimum atomic E-state index is 0.444. The predicted molar refractivity (Wildman–Crippen MR) is 101 cm³/mol. The lowest BCUT2D eigenvalue weighted by Gasteiger charge is -2.22. The summed E-state index contributed by atoms with van der Waals surface area (Å²) in [5, 5.41) is 13.4. The number of aromatic nitrogens is 3. The van der Waals surface area contributed by atoms with Gasteiger partial charge in [0.25, 0.3) is 0 Å². The molecule has 2 heterocycles. The first kappa shape index (κ1) is 16.1. The Bertz CT molecular complexity index is 962. The van der Waals surface area contributed by atoms with Gasteiger partial charge in [0.05, 0.1) is 28.0 Å². The van der Waals surface area contributed by atoms with Crippen molar-refractivity contribution in [1.29, 1.82) is 5.26 Å². The molecule has 4 rings (SSSR count). The maximum atomic E-state index is 8.98. The minimum absolute atomic E-state index is 0.444. The van der Waals surface area contributed by atoms with Crippen LogP contribution in [0, 0.1) is 11.3 Å². The fourth-order valence-corrected chi connectivity index (χ4v) is 4.17. The first-order valence-corrected chi connectivity index (χ1v) is 9.31. The van der Waals surface area contributed by atoms with Crippen molar-refractivity contribution in [3.05, 3.63) is 46.2 Å². The molecule has 6 heteroatoms. The minimum Gasteiger partial charge on any atom is -0.383 e. The Morgan fingerprint density at radius 1 is 1.16 bits per heavy atom. The third-order valence-electron chi connectivity index (χ3n) is 4.97. The first-order chi connectivity index (χ1) is 12.2. The maximum Gasteiger partial charge on any atom is 0.165 e. The van der Waals surface area contributed by atoms with E-state index >= 15 is 0 Å². The first-order valence-electron chi connectivity index (χ1n) is 8.52. The molecule has 0 unspecified atom stereocenters. The average Bonchev–Trinajstić information content (AvgIpc) is 3.09. The van der Waals surface area contributed by atoms with Crippen molar-refractivity contribution in [2.45, 2.75) is 38.0 Å². The topological polar surface area (TPSA) is 80.0 Å². The summed E-state index contributed by atoms with van der Waals surface area (Å²) in [6, 6.07) is 9.61. The van der Waals surface area contributed by atoms with Gasteiger partial charge in [-0.1, -0.05) is 31.4 Å². The van der Waals surface area contributed by atoms with Gasteiger partial charge in [0.1, 0.15) is 5.82 Å². The standard InChI is InChI=1S/C19H18BrN5/c20-16-17(14-4-2-1-3-5-14)24-19-15(11-23-25(19)18(16)22)13-8-6-12(10-21)7-9-13/h6-9,11,14H,1-5,22H2. The molecule has 0 saturated heterocycles. The monoisotopic (exact) mass is 395 g/mol. The lowest BCUT2D eigenvalue weighted by molar-refractivity contribution is 0.435. The molecule has 25 heavy (non-hydrogen) atoms. The molecule has 1 fully saturated rings. The quantitative estimate of drug-likeness (QED) is 0.683.